The zero-order valence-electron chi connectivity index (χ0n) is 19.7. The average Bonchev–Trinajstić information content (AvgIpc) is 2.97. The first kappa shape index (κ1) is 26.1. The number of aliphatic hydroxyl groups is 1. The van der Waals surface area contributed by atoms with Crippen molar-refractivity contribution in [2.24, 2.45) is 23.7 Å². The van der Waals surface area contributed by atoms with E-state index in [1.54, 1.807) is 19.1 Å². The predicted octanol–water partition coefficient (Wildman–Crippen LogP) is 5.58. The summed E-state index contributed by atoms with van der Waals surface area (Å²) in [6.45, 7) is 13.5. The summed E-state index contributed by atoms with van der Waals surface area (Å²) in [4.78, 5) is 23.8. The van der Waals surface area contributed by atoms with Crippen LogP contribution in [0.2, 0.25) is 0 Å². The van der Waals surface area contributed by atoms with Crippen LogP contribution in [0, 0.1) is 23.7 Å². The second kappa shape index (κ2) is 12.7. The Hall–Kier alpha value is -1.94. The van der Waals surface area contributed by atoms with Crippen LogP contribution in [0.3, 0.4) is 0 Å². The van der Waals surface area contributed by atoms with E-state index in [1.165, 1.54) is 26.2 Å². The van der Waals surface area contributed by atoms with Gasteiger partial charge in [0.25, 0.3) is 0 Å². The van der Waals surface area contributed by atoms with Crippen LogP contribution < -0.4 is 0 Å². The lowest BCUT2D eigenvalue weighted by Crippen LogP contribution is -2.21. The van der Waals surface area contributed by atoms with Gasteiger partial charge in [-0.3, -0.25) is 9.59 Å². The van der Waals surface area contributed by atoms with Gasteiger partial charge in [-0.15, -0.1) is 0 Å². The third-order valence-electron chi connectivity index (χ3n) is 5.97. The first-order valence-electron chi connectivity index (χ1n) is 11.2. The Morgan fingerprint density at radius 2 is 1.87 bits per heavy atom. The molecule has 0 bridgehead atoms. The maximum Gasteiger partial charge on any atom is 0.313 e. The number of hydrogen-bond donors (Lipinski definition) is 1. The fraction of sp³-hybridized carbons (Fsp3) is 0.615. The number of ether oxygens (including phenoxy) is 1. The molecule has 1 N–H and O–H groups in total. The van der Waals surface area contributed by atoms with Gasteiger partial charge in [0.15, 0.2) is 0 Å². The molecule has 1 rings (SSSR count). The Kier molecular flexibility index (Phi) is 11.0. The standard InChI is InChI=1S/C26H40O4/c1-8-9-11-17(2)12-10-13-19(4)25-21(6)23(26(29)30-25)16-18(3)14-15-24(28)20(5)22(7)27/h10,12-17,20-21,23-25,28H,8-9,11H2,1-7H3/b12-10+,15-14+,18-16+,19-13+/t17-,20-,21-,23-,24+,25+/m0/s1. The summed E-state index contributed by atoms with van der Waals surface area (Å²) in [5, 5.41) is 10.0. The highest BCUT2D eigenvalue weighted by atomic mass is 16.6. The first-order chi connectivity index (χ1) is 14.1. The molecule has 6 atom stereocenters. The largest absolute Gasteiger partial charge is 0.457 e. The van der Waals surface area contributed by atoms with Crippen molar-refractivity contribution >= 4 is 11.8 Å². The van der Waals surface area contributed by atoms with Gasteiger partial charge in [0.1, 0.15) is 11.9 Å². The SMILES string of the molecule is CCCC[C@H](C)/C=C/C=C(\C)[C@H]1OC(=O)[C@@H](/C=C(C)/C=C/[C@@H](O)[C@@H](C)C(C)=O)[C@@H]1C. The Morgan fingerprint density at radius 3 is 2.47 bits per heavy atom. The van der Waals surface area contributed by atoms with E-state index >= 15 is 0 Å². The fourth-order valence-electron chi connectivity index (χ4n) is 3.55. The van der Waals surface area contributed by atoms with Gasteiger partial charge < -0.3 is 9.84 Å². The lowest BCUT2D eigenvalue weighted by molar-refractivity contribution is -0.142. The smallest absolute Gasteiger partial charge is 0.313 e. The molecule has 0 aromatic carbocycles. The molecule has 168 valence electrons. The molecule has 1 heterocycles. The number of unbranched alkanes of at least 4 members (excludes halogenated alkanes) is 1. The van der Waals surface area contributed by atoms with Gasteiger partial charge in [0.05, 0.1) is 12.0 Å². The molecule has 1 aliphatic heterocycles. The minimum absolute atomic E-state index is 0.0316. The molecule has 0 saturated carbocycles. The number of Topliss-reactive ketones (excluding diaryl/α,β-unsaturated/α-hetero) is 1. The van der Waals surface area contributed by atoms with Crippen LogP contribution in [-0.2, 0) is 14.3 Å². The number of hydrogen-bond acceptors (Lipinski definition) is 4. The van der Waals surface area contributed by atoms with Gasteiger partial charge in [-0.05, 0) is 38.7 Å². The topological polar surface area (TPSA) is 63.6 Å². The number of ketones is 1. The predicted molar refractivity (Wildman–Crippen MR) is 123 cm³/mol. The molecule has 0 aromatic rings. The molecule has 0 aromatic heterocycles. The lowest BCUT2D eigenvalue weighted by atomic mass is 9.87. The van der Waals surface area contributed by atoms with Crippen LogP contribution in [0.5, 0.6) is 0 Å². The molecule has 0 unspecified atom stereocenters. The third-order valence-corrected chi connectivity index (χ3v) is 5.97. The third kappa shape index (κ3) is 8.06. The Bertz CT molecular complexity index is 698. The van der Waals surface area contributed by atoms with Gasteiger partial charge in [0, 0.05) is 11.8 Å². The Morgan fingerprint density at radius 1 is 1.20 bits per heavy atom. The zero-order valence-corrected chi connectivity index (χ0v) is 19.7. The van der Waals surface area contributed by atoms with Crippen LogP contribution in [0.15, 0.2) is 47.6 Å². The molecule has 0 amide bonds. The van der Waals surface area contributed by atoms with Crippen molar-refractivity contribution < 1.29 is 19.4 Å². The van der Waals surface area contributed by atoms with Crippen LogP contribution >= 0.6 is 0 Å². The van der Waals surface area contributed by atoms with Crippen molar-refractivity contribution in [2.45, 2.75) is 79.9 Å². The summed E-state index contributed by atoms with van der Waals surface area (Å²) in [7, 11) is 0. The fourth-order valence-corrected chi connectivity index (χ4v) is 3.55. The maximum absolute atomic E-state index is 12.4. The summed E-state index contributed by atoms with van der Waals surface area (Å²) in [5.74, 6) is -0.461. The number of carbonyl (C=O) groups excluding carboxylic acids is 2. The number of allylic oxidation sites excluding steroid dienone is 5. The molecule has 4 heteroatoms. The molecular weight excluding hydrogens is 376 g/mol. The minimum atomic E-state index is -0.830. The van der Waals surface area contributed by atoms with E-state index in [9.17, 15) is 14.7 Å². The maximum atomic E-state index is 12.4. The highest BCUT2D eigenvalue weighted by molar-refractivity contribution is 5.79. The monoisotopic (exact) mass is 416 g/mol. The highest BCUT2D eigenvalue weighted by Crippen LogP contribution is 2.34. The lowest BCUT2D eigenvalue weighted by Gasteiger charge is -2.16. The number of aliphatic hydroxyl groups excluding tert-OH is 1. The number of carbonyl (C=O) groups is 2. The van der Waals surface area contributed by atoms with E-state index in [-0.39, 0.29) is 29.7 Å². The second-order valence-electron chi connectivity index (χ2n) is 8.82. The van der Waals surface area contributed by atoms with Crippen molar-refractivity contribution in [2.75, 3.05) is 0 Å². The van der Waals surface area contributed by atoms with E-state index in [1.807, 2.05) is 26.8 Å². The molecule has 0 spiro atoms. The molecule has 0 aliphatic carbocycles. The van der Waals surface area contributed by atoms with Crippen molar-refractivity contribution in [1.82, 2.24) is 0 Å². The number of esters is 1. The molecule has 1 aliphatic rings. The highest BCUT2D eigenvalue weighted by Gasteiger charge is 2.41. The van der Waals surface area contributed by atoms with E-state index in [0.29, 0.717) is 5.92 Å². The van der Waals surface area contributed by atoms with Gasteiger partial charge in [-0.1, -0.05) is 82.6 Å². The quantitative estimate of drug-likeness (QED) is 0.353. The van der Waals surface area contributed by atoms with E-state index < -0.39 is 12.0 Å². The molecule has 30 heavy (non-hydrogen) atoms. The van der Waals surface area contributed by atoms with Crippen LogP contribution in [0.4, 0.5) is 0 Å². The Balaban J connectivity index is 2.78. The second-order valence-corrected chi connectivity index (χ2v) is 8.82. The molecular formula is C26H40O4. The van der Waals surface area contributed by atoms with E-state index in [4.69, 9.17) is 4.74 Å². The van der Waals surface area contributed by atoms with Gasteiger partial charge in [-0.25, -0.2) is 0 Å². The van der Waals surface area contributed by atoms with Crippen LogP contribution in [0.25, 0.3) is 0 Å². The molecule has 1 saturated heterocycles. The van der Waals surface area contributed by atoms with Gasteiger partial charge in [0.2, 0.25) is 0 Å². The van der Waals surface area contributed by atoms with Crippen molar-refractivity contribution in [3.05, 3.63) is 47.6 Å². The van der Waals surface area contributed by atoms with Crippen molar-refractivity contribution in [3.8, 4) is 0 Å². The summed E-state index contributed by atoms with van der Waals surface area (Å²) >= 11 is 0. The van der Waals surface area contributed by atoms with Crippen LogP contribution in [0.1, 0.15) is 67.7 Å². The normalized spacial score (nSPS) is 26.3. The van der Waals surface area contributed by atoms with Crippen molar-refractivity contribution in [3.63, 3.8) is 0 Å². The van der Waals surface area contributed by atoms with Crippen LogP contribution in [-0.4, -0.2) is 29.1 Å². The minimum Gasteiger partial charge on any atom is -0.457 e. The van der Waals surface area contributed by atoms with Gasteiger partial charge >= 0.3 is 5.97 Å². The number of rotatable bonds is 11. The molecule has 4 nitrogen and oxygen atoms in total. The summed E-state index contributed by atoms with van der Waals surface area (Å²) in [5.41, 5.74) is 1.91. The first-order valence-corrected chi connectivity index (χ1v) is 11.2. The Labute approximate surface area is 182 Å². The summed E-state index contributed by atoms with van der Waals surface area (Å²) < 4.78 is 5.66. The summed E-state index contributed by atoms with van der Waals surface area (Å²) in [6.07, 6.45) is 14.2. The van der Waals surface area contributed by atoms with E-state index in [2.05, 4.69) is 32.1 Å². The molecule has 1 fully saturated rings. The molecule has 0 radical (unpaired) electrons. The number of cyclic esters (lactones) is 1. The van der Waals surface area contributed by atoms with E-state index in [0.717, 1.165) is 11.1 Å². The summed E-state index contributed by atoms with van der Waals surface area (Å²) in [6, 6.07) is 0. The zero-order chi connectivity index (χ0) is 22.8. The van der Waals surface area contributed by atoms with Crippen molar-refractivity contribution in [1.29, 1.82) is 0 Å². The average molecular weight is 417 g/mol. The van der Waals surface area contributed by atoms with Gasteiger partial charge in [-0.2, -0.15) is 0 Å².